The summed E-state index contributed by atoms with van der Waals surface area (Å²) in [6.45, 7) is 6.17. The number of carbonyl (C=O) groups is 2. The monoisotopic (exact) mass is 325 g/mol. The number of anilines is 1. The molecule has 0 saturated heterocycles. The van der Waals surface area contributed by atoms with E-state index in [0.29, 0.717) is 17.0 Å². The normalized spacial score (nSPS) is 14.2. The van der Waals surface area contributed by atoms with Crippen LogP contribution in [0.4, 0.5) is 5.69 Å². The van der Waals surface area contributed by atoms with Gasteiger partial charge in [0.2, 0.25) is 0 Å². The van der Waals surface area contributed by atoms with Gasteiger partial charge in [0.25, 0.3) is 5.91 Å². The van der Waals surface area contributed by atoms with Crippen molar-refractivity contribution < 1.29 is 14.3 Å². The highest BCUT2D eigenvalue weighted by atomic mass is 16.5. The fourth-order valence-electron chi connectivity index (χ4n) is 2.29. The lowest BCUT2D eigenvalue weighted by molar-refractivity contribution is -0.118. The van der Waals surface area contributed by atoms with E-state index >= 15 is 0 Å². The summed E-state index contributed by atoms with van der Waals surface area (Å²) in [5.74, 6) is 0.194. The van der Waals surface area contributed by atoms with Gasteiger partial charge in [0, 0.05) is 17.3 Å². The van der Waals surface area contributed by atoms with Crippen LogP contribution in [0.1, 0.15) is 36.7 Å². The van der Waals surface area contributed by atoms with E-state index in [1.165, 1.54) is 6.08 Å². The number of nitrogens with one attached hydrogen (secondary N) is 1. The maximum atomic E-state index is 12.3. The molecule has 3 rings (SSSR count). The van der Waals surface area contributed by atoms with Crippen molar-refractivity contribution in [2.75, 3.05) is 11.9 Å². The molecule has 6 nitrogen and oxygen atoms in total. The lowest BCUT2D eigenvalue weighted by atomic mass is 10.1. The predicted octanol–water partition coefficient (Wildman–Crippen LogP) is 2.87. The molecule has 0 aliphatic carbocycles. The second-order valence-electron chi connectivity index (χ2n) is 6.63. The summed E-state index contributed by atoms with van der Waals surface area (Å²) in [7, 11) is 0. The van der Waals surface area contributed by atoms with Crippen LogP contribution in [-0.2, 0) is 10.3 Å². The van der Waals surface area contributed by atoms with Crippen LogP contribution in [0.5, 0.6) is 5.75 Å². The van der Waals surface area contributed by atoms with Crippen molar-refractivity contribution in [2.24, 2.45) is 0 Å². The van der Waals surface area contributed by atoms with Crippen LogP contribution < -0.4 is 10.1 Å². The van der Waals surface area contributed by atoms with E-state index < -0.39 is 0 Å². The van der Waals surface area contributed by atoms with Crippen LogP contribution >= 0.6 is 0 Å². The number of allylic oxidation sites excluding steroid dienone is 1. The Morgan fingerprint density at radius 2 is 2.17 bits per heavy atom. The SMILES string of the molecule is CC(C)(C)n1cc(/C=C\C(=O)c2ccc3c(c2)NC(=O)CO3)cn1. The van der Waals surface area contributed by atoms with Crippen LogP contribution in [0.3, 0.4) is 0 Å². The summed E-state index contributed by atoms with van der Waals surface area (Å²) in [6, 6.07) is 4.99. The topological polar surface area (TPSA) is 73.2 Å². The zero-order valence-electron chi connectivity index (χ0n) is 13.9. The molecule has 1 aliphatic heterocycles. The molecule has 2 aromatic rings. The van der Waals surface area contributed by atoms with Crippen molar-refractivity contribution in [1.82, 2.24) is 9.78 Å². The Morgan fingerprint density at radius 1 is 1.38 bits per heavy atom. The van der Waals surface area contributed by atoms with Crippen LogP contribution in [0.2, 0.25) is 0 Å². The molecular formula is C18H19N3O3. The second kappa shape index (κ2) is 5.96. The smallest absolute Gasteiger partial charge is 0.262 e. The minimum absolute atomic E-state index is 0.00202. The molecule has 2 heterocycles. The van der Waals surface area contributed by atoms with Gasteiger partial charge >= 0.3 is 0 Å². The number of hydrogen-bond acceptors (Lipinski definition) is 4. The van der Waals surface area contributed by atoms with Gasteiger partial charge in [0.15, 0.2) is 12.4 Å². The molecular weight excluding hydrogens is 306 g/mol. The molecule has 0 spiro atoms. The molecule has 1 N–H and O–H groups in total. The molecule has 1 aromatic carbocycles. The Kier molecular flexibility index (Phi) is 3.97. The highest BCUT2D eigenvalue weighted by molar-refractivity contribution is 6.08. The Morgan fingerprint density at radius 3 is 2.88 bits per heavy atom. The Hall–Kier alpha value is -2.89. The Balaban J connectivity index is 1.76. The number of rotatable bonds is 3. The summed E-state index contributed by atoms with van der Waals surface area (Å²) in [5.41, 5.74) is 1.75. The lowest BCUT2D eigenvalue weighted by Crippen LogP contribution is -2.25. The van der Waals surface area contributed by atoms with Crippen LogP contribution in [0, 0.1) is 0 Å². The third kappa shape index (κ3) is 3.37. The fraction of sp³-hybridized carbons (Fsp3) is 0.278. The van der Waals surface area contributed by atoms with Gasteiger partial charge in [0.05, 0.1) is 17.4 Å². The first kappa shape index (κ1) is 16.0. The number of fused-ring (bicyclic) bond motifs is 1. The van der Waals surface area contributed by atoms with E-state index in [2.05, 4.69) is 31.2 Å². The molecule has 124 valence electrons. The molecule has 0 bridgehead atoms. The van der Waals surface area contributed by atoms with Gasteiger partial charge in [-0.2, -0.15) is 5.10 Å². The molecule has 0 atom stereocenters. The number of hydrogen-bond donors (Lipinski definition) is 1. The number of carbonyl (C=O) groups excluding carboxylic acids is 2. The quantitative estimate of drug-likeness (QED) is 0.695. The maximum Gasteiger partial charge on any atom is 0.262 e. The summed E-state index contributed by atoms with van der Waals surface area (Å²) in [4.78, 5) is 23.7. The van der Waals surface area contributed by atoms with Crippen molar-refractivity contribution in [1.29, 1.82) is 0 Å². The maximum absolute atomic E-state index is 12.3. The van der Waals surface area contributed by atoms with Gasteiger partial charge in [-0.1, -0.05) is 0 Å². The number of nitrogens with zero attached hydrogens (tertiary/aromatic N) is 2. The van der Waals surface area contributed by atoms with E-state index in [-0.39, 0.29) is 23.8 Å². The summed E-state index contributed by atoms with van der Waals surface area (Å²) >= 11 is 0. The second-order valence-corrected chi connectivity index (χ2v) is 6.63. The minimum Gasteiger partial charge on any atom is -0.482 e. The minimum atomic E-state index is -0.225. The summed E-state index contributed by atoms with van der Waals surface area (Å²) in [6.07, 6.45) is 6.84. The number of ether oxygens (including phenoxy) is 1. The van der Waals surface area contributed by atoms with E-state index in [9.17, 15) is 9.59 Å². The third-order valence-electron chi connectivity index (χ3n) is 3.61. The first-order chi connectivity index (χ1) is 11.3. The van der Waals surface area contributed by atoms with Gasteiger partial charge in [-0.15, -0.1) is 0 Å². The highest BCUT2D eigenvalue weighted by Crippen LogP contribution is 2.28. The molecule has 24 heavy (non-hydrogen) atoms. The van der Waals surface area contributed by atoms with E-state index in [1.807, 2.05) is 10.9 Å². The molecule has 0 radical (unpaired) electrons. The van der Waals surface area contributed by atoms with E-state index in [0.717, 1.165) is 5.56 Å². The zero-order valence-corrected chi connectivity index (χ0v) is 13.9. The third-order valence-corrected chi connectivity index (χ3v) is 3.61. The van der Waals surface area contributed by atoms with Crippen molar-refractivity contribution in [2.45, 2.75) is 26.3 Å². The van der Waals surface area contributed by atoms with Crippen LogP contribution in [0.25, 0.3) is 6.08 Å². The number of ketones is 1. The first-order valence-corrected chi connectivity index (χ1v) is 7.67. The number of benzene rings is 1. The van der Waals surface area contributed by atoms with Gasteiger partial charge in [-0.25, -0.2) is 0 Å². The summed E-state index contributed by atoms with van der Waals surface area (Å²) < 4.78 is 7.13. The van der Waals surface area contributed by atoms with Crippen LogP contribution in [0.15, 0.2) is 36.7 Å². The fourth-order valence-corrected chi connectivity index (χ4v) is 2.29. The standard InChI is InChI=1S/C18H19N3O3/c1-18(2,3)21-10-12(9-19-21)4-6-15(22)13-5-7-16-14(8-13)20-17(23)11-24-16/h4-10H,11H2,1-3H3,(H,20,23)/b6-4-. The molecule has 1 aromatic heterocycles. The van der Waals surface area contributed by atoms with E-state index in [1.54, 1.807) is 30.5 Å². The predicted molar refractivity (Wildman–Crippen MR) is 91.2 cm³/mol. The first-order valence-electron chi connectivity index (χ1n) is 7.67. The highest BCUT2D eigenvalue weighted by Gasteiger charge is 2.17. The van der Waals surface area contributed by atoms with Crippen LogP contribution in [-0.4, -0.2) is 28.1 Å². The Bertz CT molecular complexity index is 828. The van der Waals surface area contributed by atoms with Crippen molar-refractivity contribution in [3.8, 4) is 5.75 Å². The molecule has 1 amide bonds. The molecule has 0 fully saturated rings. The number of amides is 1. The van der Waals surface area contributed by atoms with Gasteiger partial charge in [-0.05, 0) is 51.1 Å². The number of aromatic nitrogens is 2. The summed E-state index contributed by atoms with van der Waals surface area (Å²) in [5, 5.41) is 6.99. The molecule has 0 unspecified atom stereocenters. The van der Waals surface area contributed by atoms with Crippen molar-refractivity contribution in [3.63, 3.8) is 0 Å². The molecule has 6 heteroatoms. The molecule has 0 saturated carbocycles. The zero-order chi connectivity index (χ0) is 17.3. The van der Waals surface area contributed by atoms with E-state index in [4.69, 9.17) is 4.74 Å². The lowest BCUT2D eigenvalue weighted by Gasteiger charge is -2.18. The average molecular weight is 325 g/mol. The molecule has 1 aliphatic rings. The largest absolute Gasteiger partial charge is 0.482 e. The Labute approximate surface area is 140 Å². The van der Waals surface area contributed by atoms with Crippen molar-refractivity contribution in [3.05, 3.63) is 47.8 Å². The van der Waals surface area contributed by atoms with Gasteiger partial charge in [0.1, 0.15) is 5.75 Å². The average Bonchev–Trinajstić information content (AvgIpc) is 3.01. The van der Waals surface area contributed by atoms with Gasteiger partial charge in [-0.3, -0.25) is 14.3 Å². The van der Waals surface area contributed by atoms with Gasteiger partial charge < -0.3 is 10.1 Å². The van der Waals surface area contributed by atoms with Crippen molar-refractivity contribution >= 4 is 23.5 Å².